The number of carbonyl (C=O) groups excluding carboxylic acids is 2. The van der Waals surface area contributed by atoms with Gasteiger partial charge in [-0.15, -0.1) is 0 Å². The van der Waals surface area contributed by atoms with E-state index in [1.54, 1.807) is 23.1 Å². The van der Waals surface area contributed by atoms with Gasteiger partial charge in [-0.3, -0.25) is 9.59 Å². The molecule has 0 radical (unpaired) electrons. The van der Waals surface area contributed by atoms with Gasteiger partial charge >= 0.3 is 0 Å². The number of primary amides is 1. The van der Waals surface area contributed by atoms with Crippen molar-refractivity contribution in [3.05, 3.63) is 28.2 Å². The van der Waals surface area contributed by atoms with Crippen LogP contribution in [0.2, 0.25) is 10.0 Å². The van der Waals surface area contributed by atoms with E-state index >= 15 is 0 Å². The van der Waals surface area contributed by atoms with Crippen molar-refractivity contribution in [2.24, 2.45) is 5.73 Å². The summed E-state index contributed by atoms with van der Waals surface area (Å²) in [5.41, 5.74) is 5.45. The Hall–Kier alpha value is -1.62. The number of carbonyl (C=O) groups is 2. The van der Waals surface area contributed by atoms with Crippen LogP contribution in [-0.2, 0) is 9.59 Å². The lowest BCUT2D eigenvalue weighted by molar-refractivity contribution is -0.160. The number of aliphatic hydroxyl groups excluding tert-OH is 4. The Kier molecular flexibility index (Phi) is 6.74. The van der Waals surface area contributed by atoms with Crippen LogP contribution in [0.5, 0.6) is 0 Å². The number of anilines is 1. The molecule has 1 aliphatic rings. The third-order valence-electron chi connectivity index (χ3n) is 4.21. The summed E-state index contributed by atoms with van der Waals surface area (Å²) in [6, 6.07) is 4.89. The molecule has 27 heavy (non-hydrogen) atoms. The summed E-state index contributed by atoms with van der Waals surface area (Å²) in [5, 5.41) is 39.8. The van der Waals surface area contributed by atoms with Gasteiger partial charge in [-0.1, -0.05) is 23.2 Å². The predicted octanol–water partition coefficient (Wildman–Crippen LogP) is -1.43. The summed E-state index contributed by atoms with van der Waals surface area (Å²) >= 11 is 12.0. The van der Waals surface area contributed by atoms with E-state index in [2.05, 4.69) is 0 Å². The molecule has 0 aliphatic carbocycles. The molecule has 9 nitrogen and oxygen atoms in total. The third-order valence-corrected chi connectivity index (χ3v) is 4.75. The number of nitrogens with zero attached hydrogens (tertiary/aromatic N) is 2. The van der Waals surface area contributed by atoms with Crippen LogP contribution in [0.3, 0.4) is 0 Å². The summed E-state index contributed by atoms with van der Waals surface area (Å²) in [5.74, 6) is -2.34. The highest BCUT2D eigenvalue weighted by molar-refractivity contribution is 6.36. The van der Waals surface area contributed by atoms with Crippen molar-refractivity contribution in [3.63, 3.8) is 0 Å². The summed E-state index contributed by atoms with van der Waals surface area (Å²) in [4.78, 5) is 26.1. The molecular formula is C16H21Cl2N3O6. The van der Waals surface area contributed by atoms with E-state index < -0.39 is 42.8 Å². The van der Waals surface area contributed by atoms with Gasteiger partial charge in [0.1, 0.15) is 12.2 Å². The fraction of sp³-hybridized carbons (Fsp3) is 0.500. The smallest absolute Gasteiger partial charge is 0.254 e. The lowest BCUT2D eigenvalue weighted by Crippen LogP contribution is -2.57. The van der Waals surface area contributed by atoms with Crippen molar-refractivity contribution in [1.82, 2.24) is 4.90 Å². The average Bonchev–Trinajstić information content (AvgIpc) is 2.64. The Balaban J connectivity index is 2.05. The molecule has 150 valence electrons. The molecule has 1 aromatic carbocycles. The van der Waals surface area contributed by atoms with Gasteiger partial charge in [0.15, 0.2) is 12.2 Å². The third kappa shape index (κ3) is 5.01. The summed E-state index contributed by atoms with van der Waals surface area (Å²) in [7, 11) is 0. The molecule has 0 spiro atoms. The van der Waals surface area contributed by atoms with E-state index in [1.807, 2.05) is 0 Å². The molecule has 1 fully saturated rings. The van der Waals surface area contributed by atoms with Crippen LogP contribution in [0.4, 0.5) is 5.69 Å². The maximum Gasteiger partial charge on any atom is 0.254 e. The van der Waals surface area contributed by atoms with Crippen molar-refractivity contribution < 1.29 is 31.4 Å². The van der Waals surface area contributed by atoms with E-state index in [4.69, 9.17) is 30.3 Å². The zero-order valence-electron chi connectivity index (χ0n) is 15.1. The molecule has 1 aliphatic heterocycles. The number of amides is 2. The van der Waals surface area contributed by atoms with Gasteiger partial charge in [-0.25, -0.2) is 0 Å². The van der Waals surface area contributed by atoms with Gasteiger partial charge in [-0.05, 0) is 18.2 Å². The highest BCUT2D eigenvalue weighted by atomic mass is 35.5. The first kappa shape index (κ1) is 20.1. The Morgan fingerprint density at radius 2 is 1.70 bits per heavy atom. The summed E-state index contributed by atoms with van der Waals surface area (Å²) < 4.78 is 8.16. The van der Waals surface area contributed by atoms with Gasteiger partial charge in [0.05, 0.1) is 12.1 Å². The van der Waals surface area contributed by atoms with Crippen LogP contribution in [0, 0.1) is 0 Å². The first-order valence-corrected chi connectivity index (χ1v) is 8.74. The molecule has 0 bridgehead atoms. The summed E-state index contributed by atoms with van der Waals surface area (Å²) in [6.45, 7) is -0.710. The molecule has 0 saturated carbocycles. The van der Waals surface area contributed by atoms with Crippen molar-refractivity contribution in [1.29, 1.82) is 0 Å². The highest BCUT2D eigenvalue weighted by Crippen LogP contribution is 2.29. The Bertz CT molecular complexity index is 742. The van der Waals surface area contributed by atoms with E-state index in [1.165, 1.54) is 0 Å². The van der Waals surface area contributed by atoms with Crippen molar-refractivity contribution >= 4 is 40.7 Å². The van der Waals surface area contributed by atoms with E-state index in [0.29, 0.717) is 15.7 Å². The quantitative estimate of drug-likeness (QED) is 0.377. The minimum absolute atomic E-state index is 0.0319. The van der Waals surface area contributed by atoms with Crippen LogP contribution in [-0.4, -0.2) is 87.7 Å². The Labute approximate surface area is 166 Å². The van der Waals surface area contributed by atoms with Crippen molar-refractivity contribution in [2.45, 2.75) is 24.4 Å². The molecule has 1 aromatic rings. The summed E-state index contributed by atoms with van der Waals surface area (Å²) in [6.07, 6.45) is -8.63. The van der Waals surface area contributed by atoms with Crippen molar-refractivity contribution in [3.8, 4) is 0 Å². The number of halogens is 2. The normalized spacial score (nSPS) is 22.6. The zero-order valence-corrected chi connectivity index (χ0v) is 15.6. The largest absolute Gasteiger partial charge is 0.387 e. The molecule has 1 unspecified atom stereocenters. The number of hydrogen-bond acceptors (Lipinski definition) is 7. The number of hydrogen-bond donors (Lipinski definition) is 5. The number of aliphatic hydroxyl groups is 4. The minimum Gasteiger partial charge on any atom is -0.387 e. The van der Waals surface area contributed by atoms with Gasteiger partial charge in [0.2, 0.25) is 5.91 Å². The number of piperazine rings is 1. The molecule has 1 heterocycles. The maximum atomic E-state index is 12.4. The van der Waals surface area contributed by atoms with Crippen LogP contribution in [0.15, 0.2) is 18.2 Å². The predicted molar refractivity (Wildman–Crippen MR) is 98.5 cm³/mol. The second-order valence-corrected chi connectivity index (χ2v) is 6.87. The highest BCUT2D eigenvalue weighted by Gasteiger charge is 2.38. The molecule has 6 N–H and O–H groups in total. The van der Waals surface area contributed by atoms with Crippen LogP contribution in [0.1, 0.15) is 1.37 Å². The van der Waals surface area contributed by atoms with Gasteiger partial charge < -0.3 is 36.0 Å². The fourth-order valence-corrected chi connectivity index (χ4v) is 3.15. The second-order valence-electron chi connectivity index (χ2n) is 6.03. The average molecular weight is 423 g/mol. The Morgan fingerprint density at radius 3 is 2.26 bits per heavy atom. The monoisotopic (exact) mass is 422 g/mol. The molecule has 11 heteroatoms. The van der Waals surface area contributed by atoms with Crippen molar-refractivity contribution in [2.75, 3.05) is 31.1 Å². The SMILES string of the molecule is [2H]C1CN(c2ccc(Cl)cc2Cl)CCN1C(=O)[C@H](O)[C@@H](O)[C@@H](O)[C@H](O)C(N)=O. The van der Waals surface area contributed by atoms with Crippen LogP contribution >= 0.6 is 23.2 Å². The van der Waals surface area contributed by atoms with Gasteiger partial charge in [-0.2, -0.15) is 0 Å². The molecule has 0 aromatic heterocycles. The topological polar surface area (TPSA) is 148 Å². The standard InChI is InChI=1S/C16H21Cl2N3O6/c17-8-1-2-10(9(18)7-8)20-3-5-21(6-4-20)16(27)14(25)12(23)11(22)13(24)15(19)26/h1-2,7,11-14,22-25H,3-6H2,(H2,19,26)/t11-,12+,13+,14-/m1/s1/i5D/t5?,11-,12+,13+,14-. The lowest BCUT2D eigenvalue weighted by Gasteiger charge is -2.38. The zero-order chi connectivity index (χ0) is 21.2. The number of nitrogens with two attached hydrogens (primary N) is 1. The van der Waals surface area contributed by atoms with Gasteiger partial charge in [0.25, 0.3) is 5.91 Å². The minimum atomic E-state index is -2.16. The lowest BCUT2D eigenvalue weighted by atomic mass is 10.0. The molecular weight excluding hydrogens is 401 g/mol. The van der Waals surface area contributed by atoms with Crippen LogP contribution < -0.4 is 10.6 Å². The van der Waals surface area contributed by atoms with E-state index in [9.17, 15) is 30.0 Å². The molecule has 1 saturated heterocycles. The Morgan fingerprint density at radius 1 is 1.07 bits per heavy atom. The first-order valence-electron chi connectivity index (χ1n) is 8.56. The molecule has 5 atom stereocenters. The fourth-order valence-electron chi connectivity index (χ4n) is 2.62. The number of benzene rings is 1. The first-order chi connectivity index (χ1) is 13.0. The molecule has 2 rings (SSSR count). The van der Waals surface area contributed by atoms with Crippen LogP contribution in [0.25, 0.3) is 0 Å². The van der Waals surface area contributed by atoms with Gasteiger partial charge in [0, 0.05) is 31.2 Å². The molecule has 2 amide bonds. The maximum absolute atomic E-state index is 12.4. The van der Waals surface area contributed by atoms with E-state index in [0.717, 1.165) is 4.90 Å². The van der Waals surface area contributed by atoms with E-state index in [-0.39, 0.29) is 19.6 Å². The number of rotatable bonds is 6. The second kappa shape index (κ2) is 9.05.